The summed E-state index contributed by atoms with van der Waals surface area (Å²) >= 11 is 0. The van der Waals surface area contributed by atoms with Crippen molar-refractivity contribution < 1.29 is 43.9 Å². The molecule has 5 rings (SSSR count). The molecule has 10 nitrogen and oxygen atoms in total. The minimum Gasteiger partial charge on any atom is -0.499 e. The standard InChI is InChI=1S/C21H23NO9/c1-28-14-8-21-4-2-15(31-20(27)18(24)19(25)26)22(21)5-3-10-6-12-13(30-9-29-12)7-11(10)16(21)17(14)23/h6-8,15-18,23-24H,2-5,9H2,1H3,(H,25,26). The van der Waals surface area contributed by atoms with E-state index in [0.717, 1.165) is 11.1 Å². The highest BCUT2D eigenvalue weighted by atomic mass is 16.7. The summed E-state index contributed by atoms with van der Waals surface area (Å²) in [6, 6.07) is 3.82. The Kier molecular flexibility index (Phi) is 4.61. The maximum atomic E-state index is 12.1. The molecule has 0 saturated carbocycles. The summed E-state index contributed by atoms with van der Waals surface area (Å²) in [5, 5.41) is 29.6. The number of fused-ring (bicyclic) bond motifs is 3. The number of carboxylic acid groups (broad SMARTS) is 1. The molecule has 3 heterocycles. The van der Waals surface area contributed by atoms with Gasteiger partial charge in [0.2, 0.25) is 12.9 Å². The van der Waals surface area contributed by atoms with Crippen molar-refractivity contribution in [3.63, 3.8) is 0 Å². The Morgan fingerprint density at radius 1 is 1.29 bits per heavy atom. The van der Waals surface area contributed by atoms with E-state index in [9.17, 15) is 19.8 Å². The molecule has 0 aromatic heterocycles. The summed E-state index contributed by atoms with van der Waals surface area (Å²) in [6.45, 7) is 0.638. The first-order valence-electron chi connectivity index (χ1n) is 10.1. The fourth-order valence-corrected chi connectivity index (χ4v) is 5.41. The third-order valence-electron chi connectivity index (χ3n) is 6.75. The van der Waals surface area contributed by atoms with E-state index in [0.29, 0.717) is 43.1 Å². The number of aliphatic carboxylic acids is 1. The molecular formula is C21H23NO9. The van der Waals surface area contributed by atoms with Crippen molar-refractivity contribution in [3.05, 3.63) is 35.1 Å². The third-order valence-corrected chi connectivity index (χ3v) is 6.75. The number of hydrogen-bond donors (Lipinski definition) is 3. The van der Waals surface area contributed by atoms with E-state index in [-0.39, 0.29) is 6.79 Å². The number of methoxy groups -OCH3 is 1. The molecule has 5 unspecified atom stereocenters. The fraction of sp³-hybridized carbons (Fsp3) is 0.524. The van der Waals surface area contributed by atoms with Gasteiger partial charge in [0.1, 0.15) is 11.9 Å². The molecule has 5 atom stereocenters. The highest BCUT2D eigenvalue weighted by Crippen LogP contribution is 2.56. The number of carbonyl (C=O) groups is 2. The van der Waals surface area contributed by atoms with Gasteiger partial charge in [-0.05, 0) is 42.2 Å². The predicted octanol–water partition coefficient (Wildman–Crippen LogP) is 0.109. The Morgan fingerprint density at radius 2 is 2.03 bits per heavy atom. The molecule has 1 aromatic carbocycles. The molecule has 4 aliphatic rings. The van der Waals surface area contributed by atoms with Crippen LogP contribution in [0.25, 0.3) is 0 Å². The minimum atomic E-state index is -2.24. The lowest BCUT2D eigenvalue weighted by Gasteiger charge is -2.40. The van der Waals surface area contributed by atoms with E-state index in [4.69, 9.17) is 24.1 Å². The number of benzene rings is 1. The molecule has 0 amide bonds. The van der Waals surface area contributed by atoms with Crippen LogP contribution < -0.4 is 9.47 Å². The van der Waals surface area contributed by atoms with Crippen LogP contribution in [0, 0.1) is 0 Å². The van der Waals surface area contributed by atoms with Gasteiger partial charge in [0.15, 0.2) is 17.7 Å². The molecule has 1 fully saturated rings. The van der Waals surface area contributed by atoms with E-state index in [1.165, 1.54) is 7.11 Å². The number of ether oxygens (including phenoxy) is 4. The molecule has 0 bridgehead atoms. The van der Waals surface area contributed by atoms with Gasteiger partial charge in [0.25, 0.3) is 0 Å². The second kappa shape index (κ2) is 7.11. The predicted molar refractivity (Wildman–Crippen MR) is 102 cm³/mol. The normalized spacial score (nSPS) is 31.7. The zero-order valence-electron chi connectivity index (χ0n) is 16.8. The van der Waals surface area contributed by atoms with Crippen LogP contribution in [-0.2, 0) is 25.5 Å². The minimum absolute atomic E-state index is 0.147. The smallest absolute Gasteiger partial charge is 0.348 e. The Labute approximate surface area is 177 Å². The largest absolute Gasteiger partial charge is 0.499 e. The van der Waals surface area contributed by atoms with Crippen LogP contribution in [0.15, 0.2) is 24.0 Å². The van der Waals surface area contributed by atoms with Crippen molar-refractivity contribution in [2.75, 3.05) is 20.4 Å². The molecule has 1 aromatic rings. The summed E-state index contributed by atoms with van der Waals surface area (Å²) in [5.41, 5.74) is 1.21. The van der Waals surface area contributed by atoms with Crippen molar-refractivity contribution in [2.45, 2.75) is 49.2 Å². The fourth-order valence-electron chi connectivity index (χ4n) is 5.41. The van der Waals surface area contributed by atoms with Gasteiger partial charge < -0.3 is 34.3 Å². The molecule has 3 aliphatic heterocycles. The number of carboxylic acids is 1. The molecule has 31 heavy (non-hydrogen) atoms. The second-order valence-corrected chi connectivity index (χ2v) is 8.18. The topological polar surface area (TPSA) is 135 Å². The second-order valence-electron chi connectivity index (χ2n) is 8.18. The lowest BCUT2D eigenvalue weighted by molar-refractivity contribution is -0.176. The van der Waals surface area contributed by atoms with Gasteiger partial charge in [0.05, 0.1) is 12.6 Å². The Hall–Kier alpha value is -2.82. The van der Waals surface area contributed by atoms with Crippen molar-refractivity contribution in [3.8, 4) is 11.5 Å². The molecule has 1 spiro atoms. The lowest BCUT2D eigenvalue weighted by Crippen LogP contribution is -2.51. The van der Waals surface area contributed by atoms with Crippen molar-refractivity contribution in [1.29, 1.82) is 0 Å². The first-order chi connectivity index (χ1) is 14.9. The first-order valence-corrected chi connectivity index (χ1v) is 10.1. The van der Waals surface area contributed by atoms with E-state index in [1.54, 1.807) is 0 Å². The summed E-state index contributed by atoms with van der Waals surface area (Å²) in [7, 11) is 1.50. The average molecular weight is 433 g/mol. The Balaban J connectivity index is 1.54. The number of aliphatic hydroxyl groups is 2. The van der Waals surface area contributed by atoms with E-state index in [2.05, 4.69) is 0 Å². The van der Waals surface area contributed by atoms with Crippen LogP contribution in [-0.4, -0.2) is 76.6 Å². The lowest BCUT2D eigenvalue weighted by atomic mass is 9.78. The number of carbonyl (C=O) groups excluding carboxylic acids is 1. The van der Waals surface area contributed by atoms with Gasteiger partial charge >= 0.3 is 11.9 Å². The van der Waals surface area contributed by atoms with Crippen LogP contribution in [0.1, 0.15) is 29.9 Å². The molecule has 166 valence electrons. The third kappa shape index (κ3) is 2.89. The van der Waals surface area contributed by atoms with E-state index >= 15 is 0 Å². The van der Waals surface area contributed by atoms with Crippen molar-refractivity contribution >= 4 is 11.9 Å². The zero-order chi connectivity index (χ0) is 21.9. The zero-order valence-corrected chi connectivity index (χ0v) is 16.8. The Bertz CT molecular complexity index is 976. The highest BCUT2D eigenvalue weighted by molar-refractivity contribution is 5.96. The van der Waals surface area contributed by atoms with Crippen LogP contribution in [0.2, 0.25) is 0 Å². The number of hydrogen-bond acceptors (Lipinski definition) is 9. The highest BCUT2D eigenvalue weighted by Gasteiger charge is 2.60. The summed E-state index contributed by atoms with van der Waals surface area (Å²) in [5.74, 6) is -1.57. The van der Waals surface area contributed by atoms with Gasteiger partial charge in [-0.25, -0.2) is 9.59 Å². The van der Waals surface area contributed by atoms with Crippen molar-refractivity contribution in [2.24, 2.45) is 0 Å². The molecule has 10 heteroatoms. The molecule has 3 N–H and O–H groups in total. The van der Waals surface area contributed by atoms with Gasteiger partial charge in [-0.3, -0.25) is 4.90 Å². The van der Waals surface area contributed by atoms with Crippen molar-refractivity contribution in [1.82, 2.24) is 4.90 Å². The van der Waals surface area contributed by atoms with Crippen LogP contribution in [0.3, 0.4) is 0 Å². The van der Waals surface area contributed by atoms with E-state index in [1.807, 2.05) is 23.1 Å². The summed E-state index contributed by atoms with van der Waals surface area (Å²) in [4.78, 5) is 25.0. The number of aliphatic hydroxyl groups excluding tert-OH is 2. The maximum absolute atomic E-state index is 12.1. The maximum Gasteiger partial charge on any atom is 0.348 e. The molecule has 1 aliphatic carbocycles. The van der Waals surface area contributed by atoms with E-state index < -0.39 is 41.8 Å². The van der Waals surface area contributed by atoms with Crippen LogP contribution >= 0.6 is 0 Å². The first kappa shape index (κ1) is 20.1. The number of esters is 1. The van der Waals surface area contributed by atoms with Gasteiger partial charge in [-0.2, -0.15) is 0 Å². The SMILES string of the molecule is COC1=CC23CCC(OC(=O)C(O)C(=O)O)N2CCc2cc4c(cc2C3C1O)OCO4. The Morgan fingerprint density at radius 3 is 2.74 bits per heavy atom. The quantitative estimate of drug-likeness (QED) is 0.443. The summed E-state index contributed by atoms with van der Waals surface area (Å²) < 4.78 is 21.9. The average Bonchev–Trinajstić information content (AvgIpc) is 3.39. The number of rotatable bonds is 4. The van der Waals surface area contributed by atoms with Gasteiger partial charge in [-0.1, -0.05) is 0 Å². The molecule has 0 radical (unpaired) electrons. The molecular weight excluding hydrogens is 410 g/mol. The van der Waals surface area contributed by atoms with Crippen LogP contribution in [0.4, 0.5) is 0 Å². The van der Waals surface area contributed by atoms with Gasteiger partial charge in [-0.15, -0.1) is 0 Å². The summed E-state index contributed by atoms with van der Waals surface area (Å²) in [6.07, 6.45) is -0.439. The number of nitrogens with zero attached hydrogens (tertiary/aromatic N) is 1. The molecule has 1 saturated heterocycles. The monoisotopic (exact) mass is 433 g/mol. The van der Waals surface area contributed by atoms with Gasteiger partial charge in [0, 0.05) is 18.9 Å². The van der Waals surface area contributed by atoms with Crippen LogP contribution in [0.5, 0.6) is 11.5 Å².